The highest BCUT2D eigenvalue weighted by atomic mass is 19.4. The summed E-state index contributed by atoms with van der Waals surface area (Å²) in [6.07, 6.45) is -5.64. The second kappa shape index (κ2) is 18.2. The number of carboxylic acid groups (broad SMARTS) is 2. The van der Waals surface area contributed by atoms with Crippen LogP contribution in [0.5, 0.6) is 0 Å². The molecule has 0 aliphatic heterocycles. The Morgan fingerprint density at radius 2 is 1.43 bits per heavy atom. The van der Waals surface area contributed by atoms with Crippen LogP contribution in [0.2, 0.25) is 0 Å². The summed E-state index contributed by atoms with van der Waals surface area (Å²) >= 11 is 0. The smallest absolute Gasteiger partial charge is 0.481 e. The van der Waals surface area contributed by atoms with Gasteiger partial charge in [-0.3, -0.25) is 34.4 Å². The molecule has 1 aromatic rings. The van der Waals surface area contributed by atoms with Gasteiger partial charge in [-0.15, -0.1) is 0 Å². The van der Waals surface area contributed by atoms with E-state index in [4.69, 9.17) is 38.2 Å². The first-order valence-corrected chi connectivity index (χ1v) is 12.4. The van der Waals surface area contributed by atoms with E-state index in [0.29, 0.717) is 11.1 Å². The molecular weight excluding hydrogens is 599 g/mol. The van der Waals surface area contributed by atoms with Crippen molar-refractivity contribution in [2.75, 3.05) is 13.6 Å². The van der Waals surface area contributed by atoms with Gasteiger partial charge in [0, 0.05) is 19.2 Å². The predicted molar refractivity (Wildman–Crippen MR) is 148 cm³/mol. The summed E-state index contributed by atoms with van der Waals surface area (Å²) < 4.78 is 31.7. The molecule has 1 rings (SSSR count). The maximum atomic E-state index is 13.0. The van der Waals surface area contributed by atoms with Crippen LogP contribution in [0.25, 0.3) is 0 Å². The van der Waals surface area contributed by atoms with Gasteiger partial charge in [0.2, 0.25) is 23.6 Å². The van der Waals surface area contributed by atoms with Gasteiger partial charge in [-0.1, -0.05) is 24.3 Å². The van der Waals surface area contributed by atoms with Crippen LogP contribution in [-0.2, 0) is 35.2 Å². The van der Waals surface area contributed by atoms with E-state index in [9.17, 15) is 42.3 Å². The molecule has 0 aliphatic rings. The average molecular weight is 634 g/mol. The van der Waals surface area contributed by atoms with E-state index in [1.165, 1.54) is 7.05 Å². The third-order valence-corrected chi connectivity index (χ3v) is 5.44. The number of nitrogens with two attached hydrogens (primary N) is 4. The molecular formula is C24H34F3N9O8. The number of halogens is 3. The van der Waals surface area contributed by atoms with E-state index in [-0.39, 0.29) is 37.6 Å². The molecule has 1 aromatic carbocycles. The minimum atomic E-state index is -5.08. The van der Waals surface area contributed by atoms with Gasteiger partial charge in [0.05, 0.1) is 6.42 Å². The van der Waals surface area contributed by atoms with Gasteiger partial charge in [0.15, 0.2) is 5.96 Å². The SMILES string of the molecule is CNC(=O)[C@H](Cc1ccc(C(=N)N)cc1)C(=O)NC(CC(=O)O)C(=O)NC(CCCN=C(N)N)C(N)=O.O=C(O)C(F)(F)F. The van der Waals surface area contributed by atoms with E-state index in [1.54, 1.807) is 24.3 Å². The minimum Gasteiger partial charge on any atom is -0.481 e. The number of alkyl halides is 3. The zero-order valence-electron chi connectivity index (χ0n) is 23.3. The first kappa shape index (κ1) is 38.6. The number of benzene rings is 1. The molecule has 0 radical (unpaired) electrons. The number of aliphatic carboxylic acids is 2. The molecule has 0 aliphatic carbocycles. The largest absolute Gasteiger partial charge is 0.490 e. The Bertz CT molecular complexity index is 1240. The molecule has 2 unspecified atom stereocenters. The number of nitrogens with zero attached hydrogens (tertiary/aromatic N) is 1. The van der Waals surface area contributed by atoms with Crippen molar-refractivity contribution < 1.29 is 52.2 Å². The quantitative estimate of drug-likeness (QED) is 0.0416. The molecule has 3 atom stereocenters. The first-order chi connectivity index (χ1) is 20.3. The molecule has 20 heteroatoms. The lowest BCUT2D eigenvalue weighted by Crippen LogP contribution is -2.55. The fourth-order valence-corrected chi connectivity index (χ4v) is 3.25. The third kappa shape index (κ3) is 15.0. The zero-order chi connectivity index (χ0) is 34.2. The highest BCUT2D eigenvalue weighted by Crippen LogP contribution is 2.14. The molecule has 14 N–H and O–H groups in total. The number of hydrogen-bond acceptors (Lipinski definition) is 8. The number of nitrogens with one attached hydrogen (secondary N) is 4. The Morgan fingerprint density at radius 1 is 0.909 bits per heavy atom. The maximum absolute atomic E-state index is 13.0. The van der Waals surface area contributed by atoms with Gasteiger partial charge in [-0.25, -0.2) is 4.79 Å². The van der Waals surface area contributed by atoms with Crippen molar-refractivity contribution in [3.05, 3.63) is 35.4 Å². The van der Waals surface area contributed by atoms with Crippen molar-refractivity contribution in [3.8, 4) is 0 Å². The molecule has 0 aromatic heterocycles. The van der Waals surface area contributed by atoms with Crippen LogP contribution in [0.3, 0.4) is 0 Å². The van der Waals surface area contributed by atoms with Crippen LogP contribution in [0.4, 0.5) is 13.2 Å². The Balaban J connectivity index is 0.00000234. The summed E-state index contributed by atoms with van der Waals surface area (Å²) in [7, 11) is 1.32. The van der Waals surface area contributed by atoms with Crippen LogP contribution >= 0.6 is 0 Å². The second-order valence-electron chi connectivity index (χ2n) is 8.86. The standard InChI is InChI=1S/C22H33N9O6.C2HF3O2/c1-28-19(35)13(9-11-4-6-12(7-5-11)17(23)24)20(36)31-15(10-16(32)33)21(37)30-14(18(25)34)3-2-8-29-22(26)27;3-2(4,5)1(6)7/h4-7,13-15H,2-3,8-10H2,1H3,(H3,23,24)(H2,25,34)(H,28,35)(H,30,37)(H,31,36)(H,32,33)(H4,26,27,29);(H,6,7)/t13-,14?,15?;/m0./s1. The van der Waals surface area contributed by atoms with Crippen molar-refractivity contribution in [2.24, 2.45) is 33.8 Å². The lowest BCUT2D eigenvalue weighted by Gasteiger charge is -2.23. The summed E-state index contributed by atoms with van der Waals surface area (Å²) in [6, 6.07) is 3.49. The zero-order valence-corrected chi connectivity index (χ0v) is 23.3. The number of carbonyl (C=O) groups excluding carboxylic acids is 4. The van der Waals surface area contributed by atoms with Gasteiger partial charge < -0.3 is 49.1 Å². The van der Waals surface area contributed by atoms with Gasteiger partial charge in [0.1, 0.15) is 23.8 Å². The van der Waals surface area contributed by atoms with Gasteiger partial charge in [-0.05, 0) is 24.8 Å². The molecule has 0 heterocycles. The number of amidine groups is 1. The van der Waals surface area contributed by atoms with Crippen molar-refractivity contribution in [2.45, 2.75) is 43.9 Å². The number of aliphatic imine (C=N–C) groups is 1. The number of primary amides is 1. The van der Waals surface area contributed by atoms with Crippen LogP contribution < -0.4 is 38.9 Å². The number of rotatable bonds is 15. The Morgan fingerprint density at radius 3 is 1.84 bits per heavy atom. The summed E-state index contributed by atoms with van der Waals surface area (Å²) in [6.45, 7) is 0.165. The van der Waals surface area contributed by atoms with Gasteiger partial charge >= 0.3 is 18.1 Å². The normalized spacial score (nSPS) is 12.5. The number of guanidine groups is 1. The van der Waals surface area contributed by atoms with Crippen molar-refractivity contribution in [1.29, 1.82) is 5.41 Å². The average Bonchev–Trinajstić information content (AvgIpc) is 2.91. The number of carboxylic acids is 2. The van der Waals surface area contributed by atoms with Crippen LogP contribution in [0.15, 0.2) is 29.3 Å². The fraction of sp³-hybridized carbons (Fsp3) is 0.417. The highest BCUT2D eigenvalue weighted by molar-refractivity contribution is 6.03. The number of carbonyl (C=O) groups is 6. The van der Waals surface area contributed by atoms with E-state index in [0.717, 1.165) is 0 Å². The van der Waals surface area contributed by atoms with Crippen LogP contribution in [0, 0.1) is 11.3 Å². The van der Waals surface area contributed by atoms with Crippen molar-refractivity contribution in [1.82, 2.24) is 16.0 Å². The van der Waals surface area contributed by atoms with Crippen molar-refractivity contribution >= 4 is 47.4 Å². The van der Waals surface area contributed by atoms with E-state index in [2.05, 4.69) is 20.9 Å². The number of nitrogen functional groups attached to an aromatic ring is 1. The molecule has 17 nitrogen and oxygen atoms in total. The molecule has 4 amide bonds. The van der Waals surface area contributed by atoms with Gasteiger partial charge in [0.25, 0.3) is 0 Å². The monoisotopic (exact) mass is 633 g/mol. The molecule has 44 heavy (non-hydrogen) atoms. The lowest BCUT2D eigenvalue weighted by molar-refractivity contribution is -0.192. The van der Waals surface area contributed by atoms with Gasteiger partial charge in [-0.2, -0.15) is 13.2 Å². The van der Waals surface area contributed by atoms with E-state index < -0.39 is 66.2 Å². The third-order valence-electron chi connectivity index (χ3n) is 5.44. The van der Waals surface area contributed by atoms with Crippen LogP contribution in [-0.4, -0.2) is 89.4 Å². The Labute approximate surface area is 248 Å². The summed E-state index contributed by atoms with van der Waals surface area (Å²) in [4.78, 5) is 74.0. The summed E-state index contributed by atoms with van der Waals surface area (Å²) in [5.74, 6) is -9.20. The molecule has 0 bridgehead atoms. The fourth-order valence-electron chi connectivity index (χ4n) is 3.25. The predicted octanol–water partition coefficient (Wildman–Crippen LogP) is -2.51. The van der Waals surface area contributed by atoms with Crippen molar-refractivity contribution in [3.63, 3.8) is 0 Å². The number of amides is 4. The molecule has 0 saturated carbocycles. The minimum absolute atomic E-state index is 0.0582. The second-order valence-corrected chi connectivity index (χ2v) is 8.86. The van der Waals surface area contributed by atoms with E-state index in [1.807, 2.05) is 0 Å². The molecule has 0 spiro atoms. The number of hydrogen-bond donors (Lipinski definition) is 10. The Kier molecular flexibility index (Phi) is 15.9. The lowest BCUT2D eigenvalue weighted by atomic mass is 9.96. The summed E-state index contributed by atoms with van der Waals surface area (Å²) in [5, 5.41) is 30.8. The topological polar surface area (TPSA) is 319 Å². The first-order valence-electron chi connectivity index (χ1n) is 12.4. The molecule has 0 saturated heterocycles. The maximum Gasteiger partial charge on any atom is 0.490 e. The van der Waals surface area contributed by atoms with Crippen LogP contribution in [0.1, 0.15) is 30.4 Å². The molecule has 0 fully saturated rings. The van der Waals surface area contributed by atoms with E-state index >= 15 is 0 Å². The highest BCUT2D eigenvalue weighted by Gasteiger charge is 2.38. The summed E-state index contributed by atoms with van der Waals surface area (Å²) in [5.41, 5.74) is 22.2. The Hall–Kier alpha value is -5.43. The molecule has 244 valence electrons.